The number of para-hydroxylation sites is 2. The maximum absolute atomic E-state index is 13.3. The standard InChI is InChI=1S/C20H13FINO2/c21-12-9-10-13(16(22)11-12)20(24)23-19-14-5-1-3-7-17(14)25-18-8-4-2-6-15(18)19/h1-11,19H,(H,23,24). The van der Waals surface area contributed by atoms with E-state index < -0.39 is 0 Å². The van der Waals surface area contributed by atoms with E-state index in [0.29, 0.717) is 9.13 Å². The minimum Gasteiger partial charge on any atom is -0.457 e. The molecule has 0 unspecified atom stereocenters. The zero-order valence-electron chi connectivity index (χ0n) is 13.0. The molecule has 3 nitrogen and oxygen atoms in total. The first-order valence-electron chi connectivity index (χ1n) is 7.75. The SMILES string of the molecule is O=C(NC1c2ccccc2Oc2ccccc21)c1ccc(F)cc1I. The van der Waals surface area contributed by atoms with E-state index in [4.69, 9.17) is 4.74 Å². The minimum atomic E-state index is -0.359. The van der Waals surface area contributed by atoms with Crippen molar-refractivity contribution in [1.29, 1.82) is 0 Å². The average molecular weight is 445 g/mol. The van der Waals surface area contributed by atoms with Gasteiger partial charge in [0.25, 0.3) is 5.91 Å². The first-order valence-corrected chi connectivity index (χ1v) is 8.83. The molecule has 0 fully saturated rings. The highest BCUT2D eigenvalue weighted by Gasteiger charge is 2.28. The number of nitrogens with one attached hydrogen (secondary N) is 1. The van der Waals surface area contributed by atoms with Crippen molar-refractivity contribution >= 4 is 28.5 Å². The molecule has 4 rings (SSSR count). The number of hydrogen-bond donors (Lipinski definition) is 1. The molecule has 5 heteroatoms. The van der Waals surface area contributed by atoms with Gasteiger partial charge in [-0.25, -0.2) is 4.39 Å². The molecular weight excluding hydrogens is 432 g/mol. The third kappa shape index (κ3) is 3.00. The van der Waals surface area contributed by atoms with Gasteiger partial charge >= 0.3 is 0 Å². The Kier molecular flexibility index (Phi) is 4.17. The van der Waals surface area contributed by atoms with Gasteiger partial charge in [-0.15, -0.1) is 0 Å². The van der Waals surface area contributed by atoms with Crippen molar-refractivity contribution in [3.05, 3.63) is 92.8 Å². The summed E-state index contributed by atoms with van der Waals surface area (Å²) in [5, 5.41) is 3.06. The molecule has 0 spiro atoms. The third-order valence-corrected chi connectivity index (χ3v) is 5.02. The molecule has 1 N–H and O–H groups in total. The van der Waals surface area contributed by atoms with E-state index in [-0.39, 0.29) is 17.8 Å². The maximum Gasteiger partial charge on any atom is 0.253 e. The fraction of sp³-hybridized carbons (Fsp3) is 0.0500. The van der Waals surface area contributed by atoms with Crippen LogP contribution in [0.25, 0.3) is 0 Å². The highest BCUT2D eigenvalue weighted by Crippen LogP contribution is 2.42. The Morgan fingerprint density at radius 2 is 1.56 bits per heavy atom. The molecule has 0 aromatic heterocycles. The lowest BCUT2D eigenvalue weighted by atomic mass is 9.94. The lowest BCUT2D eigenvalue weighted by Gasteiger charge is -2.29. The van der Waals surface area contributed by atoms with Crippen molar-refractivity contribution in [2.45, 2.75) is 6.04 Å². The zero-order valence-corrected chi connectivity index (χ0v) is 15.2. The fourth-order valence-electron chi connectivity index (χ4n) is 2.95. The number of halogens is 2. The number of hydrogen-bond acceptors (Lipinski definition) is 2. The van der Waals surface area contributed by atoms with E-state index in [1.807, 2.05) is 71.1 Å². The zero-order chi connectivity index (χ0) is 17.4. The highest BCUT2D eigenvalue weighted by molar-refractivity contribution is 14.1. The van der Waals surface area contributed by atoms with Crippen molar-refractivity contribution in [2.75, 3.05) is 0 Å². The van der Waals surface area contributed by atoms with Gasteiger partial charge < -0.3 is 10.1 Å². The van der Waals surface area contributed by atoms with Crippen molar-refractivity contribution in [3.8, 4) is 11.5 Å². The molecule has 0 aliphatic carbocycles. The van der Waals surface area contributed by atoms with Crippen LogP contribution < -0.4 is 10.1 Å². The lowest BCUT2D eigenvalue weighted by molar-refractivity contribution is 0.0940. The van der Waals surface area contributed by atoms with Gasteiger partial charge in [0.1, 0.15) is 17.3 Å². The maximum atomic E-state index is 13.3. The Morgan fingerprint density at radius 3 is 2.16 bits per heavy atom. The van der Waals surface area contributed by atoms with Crippen LogP contribution in [0.15, 0.2) is 66.7 Å². The smallest absolute Gasteiger partial charge is 0.253 e. The van der Waals surface area contributed by atoms with Gasteiger partial charge in [0.2, 0.25) is 0 Å². The molecule has 124 valence electrons. The van der Waals surface area contributed by atoms with Crippen molar-refractivity contribution in [3.63, 3.8) is 0 Å². The third-order valence-electron chi connectivity index (χ3n) is 4.13. The second kappa shape index (κ2) is 6.48. The van der Waals surface area contributed by atoms with Gasteiger partial charge in [-0.05, 0) is 52.9 Å². The largest absolute Gasteiger partial charge is 0.457 e. The van der Waals surface area contributed by atoms with E-state index in [2.05, 4.69) is 5.32 Å². The van der Waals surface area contributed by atoms with E-state index in [1.165, 1.54) is 18.2 Å². The molecule has 1 heterocycles. The van der Waals surface area contributed by atoms with Crippen molar-refractivity contribution in [2.24, 2.45) is 0 Å². The Hall–Kier alpha value is -2.41. The number of carbonyl (C=O) groups is 1. The van der Waals surface area contributed by atoms with Crippen LogP contribution in [0.5, 0.6) is 11.5 Å². The van der Waals surface area contributed by atoms with Crippen LogP contribution >= 0.6 is 22.6 Å². The molecule has 0 saturated carbocycles. The lowest BCUT2D eigenvalue weighted by Crippen LogP contribution is -2.31. The minimum absolute atomic E-state index is 0.249. The van der Waals surface area contributed by atoms with Crippen LogP contribution in [0.1, 0.15) is 27.5 Å². The van der Waals surface area contributed by atoms with Gasteiger partial charge in [0, 0.05) is 14.7 Å². The van der Waals surface area contributed by atoms with Crippen LogP contribution in [-0.2, 0) is 0 Å². The first kappa shape index (κ1) is 16.1. The number of ether oxygens (including phenoxy) is 1. The van der Waals surface area contributed by atoms with E-state index in [9.17, 15) is 9.18 Å². The molecular formula is C20H13FINO2. The van der Waals surface area contributed by atoms with Gasteiger partial charge in [-0.2, -0.15) is 0 Å². The monoisotopic (exact) mass is 445 g/mol. The van der Waals surface area contributed by atoms with Crippen molar-refractivity contribution in [1.82, 2.24) is 5.32 Å². The van der Waals surface area contributed by atoms with Gasteiger partial charge in [0.05, 0.1) is 11.6 Å². The Morgan fingerprint density at radius 1 is 0.960 bits per heavy atom. The summed E-state index contributed by atoms with van der Waals surface area (Å²) < 4.78 is 19.8. The quantitative estimate of drug-likeness (QED) is 0.561. The number of rotatable bonds is 2. The summed E-state index contributed by atoms with van der Waals surface area (Å²) in [4.78, 5) is 12.8. The summed E-state index contributed by atoms with van der Waals surface area (Å²) in [5.41, 5.74) is 2.24. The number of amides is 1. The number of fused-ring (bicyclic) bond motifs is 2. The Bertz CT molecular complexity index is 928. The van der Waals surface area contributed by atoms with Crippen LogP contribution in [-0.4, -0.2) is 5.91 Å². The normalized spacial score (nSPS) is 12.7. The molecule has 1 aliphatic heterocycles. The topological polar surface area (TPSA) is 38.3 Å². The molecule has 3 aromatic carbocycles. The summed E-state index contributed by atoms with van der Waals surface area (Å²) >= 11 is 1.97. The van der Waals surface area contributed by atoms with Crippen LogP contribution in [0.2, 0.25) is 0 Å². The molecule has 1 amide bonds. The van der Waals surface area contributed by atoms with E-state index in [0.717, 1.165) is 22.6 Å². The number of benzene rings is 3. The second-order valence-electron chi connectivity index (χ2n) is 5.71. The van der Waals surface area contributed by atoms with Gasteiger partial charge in [0.15, 0.2) is 0 Å². The van der Waals surface area contributed by atoms with Crippen LogP contribution in [0.4, 0.5) is 4.39 Å². The Balaban J connectivity index is 1.74. The van der Waals surface area contributed by atoms with Gasteiger partial charge in [-0.1, -0.05) is 36.4 Å². The molecule has 0 saturated heterocycles. The predicted octanol–water partition coefficient (Wildman–Crippen LogP) is 5.06. The molecule has 0 radical (unpaired) electrons. The molecule has 3 aromatic rings. The first-order chi connectivity index (χ1) is 12.1. The fourth-order valence-corrected chi connectivity index (χ4v) is 3.67. The number of carbonyl (C=O) groups excluding carboxylic acids is 1. The van der Waals surface area contributed by atoms with Crippen molar-refractivity contribution < 1.29 is 13.9 Å². The van der Waals surface area contributed by atoms with Crippen LogP contribution in [0, 0.1) is 9.39 Å². The Labute approximate surface area is 158 Å². The molecule has 0 bridgehead atoms. The van der Waals surface area contributed by atoms with Crippen LogP contribution in [0.3, 0.4) is 0 Å². The summed E-state index contributed by atoms with van der Waals surface area (Å²) in [6.45, 7) is 0. The average Bonchev–Trinajstić information content (AvgIpc) is 2.61. The second-order valence-corrected chi connectivity index (χ2v) is 6.87. The summed E-state index contributed by atoms with van der Waals surface area (Å²) in [6.07, 6.45) is 0. The summed E-state index contributed by atoms with van der Waals surface area (Å²) in [6, 6.07) is 19.1. The molecule has 1 aliphatic rings. The van der Waals surface area contributed by atoms with Gasteiger partial charge in [-0.3, -0.25) is 4.79 Å². The van der Waals surface area contributed by atoms with E-state index >= 15 is 0 Å². The molecule has 0 atom stereocenters. The predicted molar refractivity (Wildman–Crippen MR) is 101 cm³/mol. The highest BCUT2D eigenvalue weighted by atomic mass is 127. The summed E-state index contributed by atoms with van der Waals surface area (Å²) in [7, 11) is 0. The molecule has 25 heavy (non-hydrogen) atoms. The van der Waals surface area contributed by atoms with E-state index in [1.54, 1.807) is 0 Å². The summed E-state index contributed by atoms with van der Waals surface area (Å²) in [5.74, 6) is 0.837.